The van der Waals surface area contributed by atoms with Crippen molar-refractivity contribution in [2.24, 2.45) is 11.8 Å². The van der Waals surface area contributed by atoms with E-state index in [2.05, 4.69) is 4.90 Å². The molecule has 0 bridgehead atoms. The van der Waals surface area contributed by atoms with Crippen LogP contribution in [0.1, 0.15) is 24.2 Å². The van der Waals surface area contributed by atoms with Crippen LogP contribution >= 0.6 is 0 Å². The molecule has 3 saturated heterocycles. The van der Waals surface area contributed by atoms with Gasteiger partial charge in [-0.1, -0.05) is 30.3 Å². The zero-order chi connectivity index (χ0) is 28.2. The lowest BCUT2D eigenvalue weighted by Gasteiger charge is -2.38. The fourth-order valence-corrected chi connectivity index (χ4v) is 7.82. The maximum Gasteiger partial charge on any atom is 0.273 e. The number of carbonyl (C=O) groups is 2. The van der Waals surface area contributed by atoms with Crippen LogP contribution in [-0.2, 0) is 15.1 Å². The molecule has 0 radical (unpaired) electrons. The number of nitro groups is 1. The molecule has 2 amide bonds. The van der Waals surface area contributed by atoms with Gasteiger partial charge in [0, 0.05) is 17.7 Å². The number of methoxy groups -OCH3 is 1. The number of nitrogens with zero attached hydrogens (tertiary/aromatic N) is 5. The van der Waals surface area contributed by atoms with E-state index in [1.807, 2.05) is 30.3 Å². The second-order valence-corrected chi connectivity index (χ2v) is 10.9. The number of anilines is 1. The van der Waals surface area contributed by atoms with Crippen LogP contribution < -0.4 is 15.2 Å². The number of non-ortho nitro benzene ring substituents is 1. The molecule has 1 aromatic heterocycles. The fourth-order valence-electron chi connectivity index (χ4n) is 7.82. The highest BCUT2D eigenvalue weighted by Gasteiger charge is 2.74. The van der Waals surface area contributed by atoms with Gasteiger partial charge in [0.1, 0.15) is 17.1 Å². The van der Waals surface area contributed by atoms with Gasteiger partial charge in [-0.25, -0.2) is 9.88 Å². The highest BCUT2D eigenvalue weighted by atomic mass is 16.6. The Balaban J connectivity index is 1.40. The zero-order valence-electron chi connectivity index (χ0n) is 21.9. The van der Waals surface area contributed by atoms with Gasteiger partial charge in [0.2, 0.25) is 11.8 Å². The van der Waals surface area contributed by atoms with Crippen LogP contribution in [0.5, 0.6) is 5.75 Å². The van der Waals surface area contributed by atoms with E-state index in [9.17, 15) is 24.5 Å². The van der Waals surface area contributed by atoms with Gasteiger partial charge >= 0.3 is 0 Å². The summed E-state index contributed by atoms with van der Waals surface area (Å²) in [4.78, 5) is 62.1. The number of fused-ring (bicyclic) bond motifs is 11. The summed E-state index contributed by atoms with van der Waals surface area (Å²) in [6, 6.07) is 18.3. The molecule has 3 fully saturated rings. The van der Waals surface area contributed by atoms with E-state index in [0.717, 1.165) is 16.9 Å². The number of ether oxygens (including phenoxy) is 1. The normalized spacial score (nSPS) is 26.0. The van der Waals surface area contributed by atoms with E-state index in [1.54, 1.807) is 22.8 Å². The predicted molar refractivity (Wildman–Crippen MR) is 147 cm³/mol. The third-order valence-electron chi connectivity index (χ3n) is 9.26. The molecule has 8 rings (SSSR count). The van der Waals surface area contributed by atoms with Crippen LogP contribution in [0.4, 0.5) is 11.4 Å². The quantitative estimate of drug-likeness (QED) is 0.217. The lowest BCUT2D eigenvalue weighted by molar-refractivity contribution is -0.384. The molecule has 0 N–H and O–H groups in total. The number of aromatic nitrogens is 2. The minimum absolute atomic E-state index is 0.0609. The van der Waals surface area contributed by atoms with E-state index in [1.165, 1.54) is 25.3 Å². The fraction of sp³-hybridized carbons (Fsp3) is 0.267. The monoisotopic (exact) mass is 549 g/mol. The summed E-state index contributed by atoms with van der Waals surface area (Å²) in [5.74, 6) is -1.85. The van der Waals surface area contributed by atoms with Crippen molar-refractivity contribution in [3.05, 3.63) is 98.6 Å². The van der Waals surface area contributed by atoms with Crippen molar-refractivity contribution < 1.29 is 19.2 Å². The van der Waals surface area contributed by atoms with Crippen LogP contribution in [0.25, 0.3) is 16.6 Å². The molecular formula is C30H23N5O6. The van der Waals surface area contributed by atoms with E-state index in [-0.39, 0.29) is 34.6 Å². The smallest absolute Gasteiger partial charge is 0.273 e. The Kier molecular flexibility index (Phi) is 4.71. The van der Waals surface area contributed by atoms with Crippen molar-refractivity contribution >= 4 is 34.1 Å². The predicted octanol–water partition coefficient (Wildman–Crippen LogP) is 3.14. The molecule has 11 nitrogen and oxygen atoms in total. The van der Waals surface area contributed by atoms with Crippen LogP contribution in [0, 0.1) is 22.0 Å². The topological polar surface area (TPSA) is 128 Å². The third-order valence-corrected chi connectivity index (χ3v) is 9.26. The molecular weight excluding hydrogens is 526 g/mol. The lowest BCUT2D eigenvalue weighted by atomic mass is 9.75. The van der Waals surface area contributed by atoms with Gasteiger partial charge in [0.25, 0.3) is 11.2 Å². The Labute approximate surface area is 232 Å². The van der Waals surface area contributed by atoms with Gasteiger partial charge in [-0.3, -0.25) is 34.0 Å². The molecule has 5 heterocycles. The van der Waals surface area contributed by atoms with Crippen molar-refractivity contribution in [1.29, 1.82) is 0 Å². The highest BCUT2D eigenvalue weighted by molar-refractivity contribution is 6.24. The summed E-state index contributed by atoms with van der Waals surface area (Å²) in [5, 5.41) is 11.9. The number of rotatable bonds is 3. The molecule has 4 aliphatic heterocycles. The van der Waals surface area contributed by atoms with Crippen LogP contribution in [0.3, 0.4) is 0 Å². The van der Waals surface area contributed by atoms with Gasteiger partial charge in [-0.15, -0.1) is 0 Å². The maximum atomic E-state index is 14.6. The number of imide groups is 1. The minimum atomic E-state index is -1.14. The average Bonchev–Trinajstić information content (AvgIpc) is 3.70. The molecule has 4 aromatic rings. The Morgan fingerprint density at radius 1 is 1.00 bits per heavy atom. The Hall–Kier alpha value is -4.90. The van der Waals surface area contributed by atoms with E-state index >= 15 is 0 Å². The molecule has 11 heteroatoms. The molecule has 0 aliphatic carbocycles. The summed E-state index contributed by atoms with van der Waals surface area (Å²) >= 11 is 0. The number of benzene rings is 3. The zero-order valence-corrected chi connectivity index (χ0v) is 21.9. The maximum absolute atomic E-state index is 14.6. The SMILES string of the molecule is COc1cc([N+](=O)[O-])ccc1N1C(=O)[C@H]2C3CCCN3C3(c4ccccc4-n4c3nc3ccccc3c4=O)[C@H]2C1=O. The van der Waals surface area contributed by atoms with Crippen molar-refractivity contribution in [2.45, 2.75) is 24.4 Å². The summed E-state index contributed by atoms with van der Waals surface area (Å²) in [5.41, 5.74) is 0.554. The van der Waals surface area contributed by atoms with Gasteiger partial charge in [-0.05, 0) is 43.7 Å². The van der Waals surface area contributed by atoms with E-state index < -0.39 is 28.2 Å². The summed E-state index contributed by atoms with van der Waals surface area (Å²) in [6.45, 7) is 0.649. The molecule has 0 saturated carbocycles. The van der Waals surface area contributed by atoms with E-state index in [4.69, 9.17) is 9.72 Å². The van der Waals surface area contributed by atoms with Crippen molar-refractivity contribution in [3.63, 3.8) is 0 Å². The van der Waals surface area contributed by atoms with Crippen molar-refractivity contribution in [2.75, 3.05) is 18.6 Å². The van der Waals surface area contributed by atoms with Crippen molar-refractivity contribution in [1.82, 2.24) is 14.5 Å². The first-order chi connectivity index (χ1) is 19.9. The van der Waals surface area contributed by atoms with E-state index in [0.29, 0.717) is 35.4 Å². The minimum Gasteiger partial charge on any atom is -0.494 e. The number of nitro benzene ring substituents is 1. The molecule has 41 heavy (non-hydrogen) atoms. The lowest BCUT2D eigenvalue weighted by Crippen LogP contribution is -2.51. The number of para-hydroxylation sites is 2. The average molecular weight is 550 g/mol. The molecule has 3 aromatic carbocycles. The van der Waals surface area contributed by atoms with Crippen LogP contribution in [0.2, 0.25) is 0 Å². The summed E-state index contributed by atoms with van der Waals surface area (Å²) < 4.78 is 7.04. The molecule has 4 aliphatic rings. The second-order valence-electron chi connectivity index (χ2n) is 10.9. The second kappa shape index (κ2) is 8.07. The summed E-state index contributed by atoms with van der Waals surface area (Å²) in [6.07, 6.45) is 1.55. The number of hydrogen-bond donors (Lipinski definition) is 0. The van der Waals surface area contributed by atoms with Gasteiger partial charge in [-0.2, -0.15) is 0 Å². The molecule has 4 atom stereocenters. The van der Waals surface area contributed by atoms with Gasteiger partial charge in [0.05, 0.1) is 52.2 Å². The first kappa shape index (κ1) is 23.9. The Morgan fingerprint density at radius 3 is 2.59 bits per heavy atom. The molecule has 2 unspecified atom stereocenters. The summed E-state index contributed by atoms with van der Waals surface area (Å²) in [7, 11) is 1.35. The largest absolute Gasteiger partial charge is 0.494 e. The Bertz CT molecular complexity index is 1920. The molecule has 204 valence electrons. The van der Waals surface area contributed by atoms with Gasteiger partial charge in [0.15, 0.2) is 0 Å². The highest BCUT2D eigenvalue weighted by Crippen LogP contribution is 2.62. The third kappa shape index (κ3) is 2.76. The first-order valence-corrected chi connectivity index (χ1v) is 13.5. The number of hydrogen-bond acceptors (Lipinski definition) is 8. The van der Waals surface area contributed by atoms with Crippen molar-refractivity contribution in [3.8, 4) is 11.4 Å². The van der Waals surface area contributed by atoms with Crippen LogP contribution in [-0.4, -0.2) is 50.9 Å². The standard InChI is InChI=1S/C30H23N5O6/c1-41-23-15-16(35(39)40)12-13-21(23)33-27(37)24-22-11-6-14-32(22)30(25(24)28(33)38)18-8-3-5-10-20(18)34-26(36)17-7-2-4-9-19(17)31-29(30)34/h2-5,7-10,12-13,15,22,24-25H,6,11,14H2,1H3/t22?,24-,25+,30?/m0/s1. The van der Waals surface area contributed by atoms with Gasteiger partial charge < -0.3 is 4.74 Å². The Morgan fingerprint density at radius 2 is 1.78 bits per heavy atom. The number of amides is 2. The number of carbonyl (C=O) groups excluding carboxylic acids is 2. The van der Waals surface area contributed by atoms with Crippen LogP contribution in [0.15, 0.2) is 71.5 Å². The first-order valence-electron chi connectivity index (χ1n) is 13.5. The molecule has 1 spiro atoms.